The molecule has 5 nitrogen and oxygen atoms in total. The third kappa shape index (κ3) is 2.72. The lowest BCUT2D eigenvalue weighted by Gasteiger charge is -2.37. The fourth-order valence-corrected chi connectivity index (χ4v) is 2.26. The summed E-state index contributed by atoms with van der Waals surface area (Å²) >= 11 is 5.84. The molecule has 0 aliphatic carbocycles. The molecule has 1 aromatic heterocycles. The summed E-state index contributed by atoms with van der Waals surface area (Å²) in [4.78, 5) is 16.7. The number of anilines is 1. The number of aromatic nitrogens is 1. The smallest absolute Gasteiger partial charge is 0.311 e. The van der Waals surface area contributed by atoms with Gasteiger partial charge in [-0.3, -0.25) is 10.1 Å². The van der Waals surface area contributed by atoms with Gasteiger partial charge in [0, 0.05) is 19.2 Å². The van der Waals surface area contributed by atoms with Crippen LogP contribution in [0.2, 0.25) is 5.15 Å². The van der Waals surface area contributed by atoms with Gasteiger partial charge >= 0.3 is 5.69 Å². The van der Waals surface area contributed by atoms with Gasteiger partial charge < -0.3 is 4.90 Å². The molecule has 18 heavy (non-hydrogen) atoms. The van der Waals surface area contributed by atoms with E-state index in [2.05, 4.69) is 18.8 Å². The standard InChI is InChI=1S/C12H16ClN3O2/c1-12(2)5-7-15(8-6-12)11-9(16(17)18)3-4-10(13)14-11/h3-4H,5-8H2,1-2H3. The summed E-state index contributed by atoms with van der Waals surface area (Å²) in [5, 5.41) is 11.3. The molecular formula is C12H16ClN3O2. The number of hydrogen-bond acceptors (Lipinski definition) is 4. The first kappa shape index (κ1) is 13.1. The number of nitrogens with zero attached hydrogens (tertiary/aromatic N) is 3. The molecule has 0 aromatic carbocycles. The van der Waals surface area contributed by atoms with Crippen molar-refractivity contribution in [1.82, 2.24) is 4.98 Å². The predicted octanol–water partition coefficient (Wildman–Crippen LogP) is 3.27. The van der Waals surface area contributed by atoms with Gasteiger partial charge in [-0.15, -0.1) is 0 Å². The maximum absolute atomic E-state index is 11.0. The molecular weight excluding hydrogens is 254 g/mol. The van der Waals surface area contributed by atoms with Gasteiger partial charge in [0.25, 0.3) is 0 Å². The molecule has 0 amide bonds. The Balaban J connectivity index is 2.28. The predicted molar refractivity (Wildman–Crippen MR) is 71.1 cm³/mol. The van der Waals surface area contributed by atoms with Crippen LogP contribution in [0.25, 0.3) is 0 Å². The Bertz CT molecular complexity index is 466. The first-order valence-electron chi connectivity index (χ1n) is 5.95. The summed E-state index contributed by atoms with van der Waals surface area (Å²) < 4.78 is 0. The lowest BCUT2D eigenvalue weighted by Crippen LogP contribution is -2.38. The topological polar surface area (TPSA) is 59.3 Å². The number of rotatable bonds is 2. The van der Waals surface area contributed by atoms with E-state index in [1.54, 1.807) is 0 Å². The van der Waals surface area contributed by atoms with Crippen molar-refractivity contribution in [2.75, 3.05) is 18.0 Å². The molecule has 0 N–H and O–H groups in total. The number of piperidine rings is 1. The molecule has 1 aliphatic rings. The van der Waals surface area contributed by atoms with Gasteiger partial charge in [-0.25, -0.2) is 4.98 Å². The van der Waals surface area contributed by atoms with Crippen molar-refractivity contribution in [3.8, 4) is 0 Å². The zero-order valence-electron chi connectivity index (χ0n) is 10.5. The van der Waals surface area contributed by atoms with E-state index in [0.717, 1.165) is 25.9 Å². The highest BCUT2D eigenvalue weighted by atomic mass is 35.5. The Morgan fingerprint density at radius 3 is 2.56 bits per heavy atom. The number of nitro groups is 1. The van der Waals surface area contributed by atoms with E-state index in [1.807, 2.05) is 4.90 Å². The molecule has 1 aliphatic heterocycles. The largest absolute Gasteiger partial charge is 0.351 e. The highest BCUT2D eigenvalue weighted by Crippen LogP contribution is 2.35. The van der Waals surface area contributed by atoms with Crippen molar-refractivity contribution in [2.24, 2.45) is 5.41 Å². The Morgan fingerprint density at radius 1 is 1.39 bits per heavy atom. The highest BCUT2D eigenvalue weighted by Gasteiger charge is 2.29. The molecule has 0 unspecified atom stereocenters. The van der Waals surface area contributed by atoms with Gasteiger partial charge in [0.1, 0.15) is 5.15 Å². The lowest BCUT2D eigenvalue weighted by atomic mass is 9.83. The van der Waals surface area contributed by atoms with E-state index in [1.165, 1.54) is 12.1 Å². The van der Waals surface area contributed by atoms with Crippen LogP contribution in [0.1, 0.15) is 26.7 Å². The van der Waals surface area contributed by atoms with Crippen molar-refractivity contribution in [1.29, 1.82) is 0 Å². The van der Waals surface area contributed by atoms with Gasteiger partial charge in [0.2, 0.25) is 5.82 Å². The summed E-state index contributed by atoms with van der Waals surface area (Å²) in [7, 11) is 0. The summed E-state index contributed by atoms with van der Waals surface area (Å²) in [6.45, 7) is 5.98. The molecule has 0 radical (unpaired) electrons. The fourth-order valence-electron chi connectivity index (χ4n) is 2.12. The molecule has 1 fully saturated rings. The first-order valence-corrected chi connectivity index (χ1v) is 6.33. The Morgan fingerprint density at radius 2 is 2.00 bits per heavy atom. The van der Waals surface area contributed by atoms with Gasteiger partial charge in [-0.05, 0) is 24.3 Å². The van der Waals surface area contributed by atoms with Crippen LogP contribution in [0.4, 0.5) is 11.5 Å². The van der Waals surface area contributed by atoms with E-state index in [4.69, 9.17) is 11.6 Å². The third-order valence-electron chi connectivity index (χ3n) is 3.43. The molecule has 6 heteroatoms. The second kappa shape index (κ2) is 4.72. The van der Waals surface area contributed by atoms with Crippen molar-refractivity contribution in [3.05, 3.63) is 27.4 Å². The fraction of sp³-hybridized carbons (Fsp3) is 0.583. The van der Waals surface area contributed by atoms with Crippen LogP contribution in [0, 0.1) is 15.5 Å². The second-order valence-electron chi connectivity index (χ2n) is 5.39. The summed E-state index contributed by atoms with van der Waals surface area (Å²) in [6, 6.07) is 2.88. The zero-order chi connectivity index (χ0) is 13.3. The van der Waals surface area contributed by atoms with Gasteiger partial charge in [0.15, 0.2) is 0 Å². The van der Waals surface area contributed by atoms with E-state index in [9.17, 15) is 10.1 Å². The minimum Gasteiger partial charge on any atom is -0.351 e. The molecule has 0 bridgehead atoms. The molecule has 0 spiro atoms. The Labute approximate surface area is 111 Å². The first-order chi connectivity index (χ1) is 8.39. The maximum atomic E-state index is 11.0. The molecule has 2 heterocycles. The quantitative estimate of drug-likeness (QED) is 0.470. The molecule has 1 saturated heterocycles. The normalized spacial score (nSPS) is 18.7. The van der Waals surface area contributed by atoms with Crippen molar-refractivity contribution >= 4 is 23.1 Å². The van der Waals surface area contributed by atoms with Gasteiger partial charge in [0.05, 0.1) is 4.92 Å². The minimum atomic E-state index is -0.404. The molecule has 0 saturated carbocycles. The summed E-state index contributed by atoms with van der Waals surface area (Å²) in [5.74, 6) is 0.392. The van der Waals surface area contributed by atoms with Gasteiger partial charge in [-0.1, -0.05) is 25.4 Å². The highest BCUT2D eigenvalue weighted by molar-refractivity contribution is 6.29. The SMILES string of the molecule is CC1(C)CCN(c2nc(Cl)ccc2[N+](=O)[O-])CC1. The van der Waals surface area contributed by atoms with Crippen LogP contribution in [-0.4, -0.2) is 23.0 Å². The third-order valence-corrected chi connectivity index (χ3v) is 3.64. The van der Waals surface area contributed by atoms with Gasteiger partial charge in [-0.2, -0.15) is 0 Å². The van der Waals surface area contributed by atoms with E-state index < -0.39 is 4.92 Å². The van der Waals surface area contributed by atoms with Crippen molar-refractivity contribution in [2.45, 2.75) is 26.7 Å². The maximum Gasteiger partial charge on any atom is 0.311 e. The Kier molecular flexibility index (Phi) is 3.43. The molecule has 1 aromatic rings. The molecule has 2 rings (SSSR count). The zero-order valence-corrected chi connectivity index (χ0v) is 11.3. The van der Waals surface area contributed by atoms with Crippen molar-refractivity contribution < 1.29 is 4.92 Å². The van der Waals surface area contributed by atoms with E-state index in [0.29, 0.717) is 16.4 Å². The van der Waals surface area contributed by atoms with Crippen LogP contribution in [0.15, 0.2) is 12.1 Å². The van der Waals surface area contributed by atoms with E-state index in [-0.39, 0.29) is 5.69 Å². The molecule has 98 valence electrons. The van der Waals surface area contributed by atoms with Crippen LogP contribution in [-0.2, 0) is 0 Å². The summed E-state index contributed by atoms with van der Waals surface area (Å²) in [6.07, 6.45) is 2.00. The second-order valence-corrected chi connectivity index (χ2v) is 5.77. The number of hydrogen-bond donors (Lipinski definition) is 0. The van der Waals surface area contributed by atoms with Crippen LogP contribution >= 0.6 is 11.6 Å². The van der Waals surface area contributed by atoms with Crippen LogP contribution in [0.5, 0.6) is 0 Å². The minimum absolute atomic E-state index is 0.0270. The average Bonchev–Trinajstić information content (AvgIpc) is 2.28. The van der Waals surface area contributed by atoms with E-state index >= 15 is 0 Å². The average molecular weight is 270 g/mol. The van der Waals surface area contributed by atoms with Crippen LogP contribution in [0.3, 0.4) is 0 Å². The monoisotopic (exact) mass is 269 g/mol. The number of halogens is 1. The lowest BCUT2D eigenvalue weighted by molar-refractivity contribution is -0.384. The number of pyridine rings is 1. The van der Waals surface area contributed by atoms with Crippen LogP contribution < -0.4 is 4.90 Å². The summed E-state index contributed by atoms with van der Waals surface area (Å²) in [5.41, 5.74) is 0.322. The Hall–Kier alpha value is -1.36. The molecule has 0 atom stereocenters. The van der Waals surface area contributed by atoms with Crippen molar-refractivity contribution in [3.63, 3.8) is 0 Å².